The molecule has 3 aromatic rings. The van der Waals surface area contributed by atoms with Crippen molar-refractivity contribution >= 4 is 22.4 Å². The molecule has 5 heteroatoms. The zero-order chi connectivity index (χ0) is 15.5. The highest BCUT2D eigenvalue weighted by Gasteiger charge is 2.10. The SMILES string of the molecule is Cc1cc(C)cc(C(=O)Nc2nc(-c3cccnc3)cs2)c1. The summed E-state index contributed by atoms with van der Waals surface area (Å²) in [6.45, 7) is 3.96. The van der Waals surface area contributed by atoms with Gasteiger partial charge in [-0.25, -0.2) is 4.98 Å². The van der Waals surface area contributed by atoms with Gasteiger partial charge in [-0.15, -0.1) is 11.3 Å². The van der Waals surface area contributed by atoms with Gasteiger partial charge in [0.15, 0.2) is 5.13 Å². The van der Waals surface area contributed by atoms with E-state index >= 15 is 0 Å². The molecule has 0 fully saturated rings. The van der Waals surface area contributed by atoms with Crippen molar-refractivity contribution in [1.82, 2.24) is 9.97 Å². The van der Waals surface area contributed by atoms with Crippen LogP contribution in [0.15, 0.2) is 48.1 Å². The Labute approximate surface area is 132 Å². The number of nitrogens with one attached hydrogen (secondary N) is 1. The number of hydrogen-bond acceptors (Lipinski definition) is 4. The number of benzene rings is 1. The Balaban J connectivity index is 1.79. The van der Waals surface area contributed by atoms with Gasteiger partial charge in [-0.05, 0) is 38.1 Å². The van der Waals surface area contributed by atoms with Crippen molar-refractivity contribution in [3.63, 3.8) is 0 Å². The molecule has 4 nitrogen and oxygen atoms in total. The molecule has 0 radical (unpaired) electrons. The summed E-state index contributed by atoms with van der Waals surface area (Å²) in [6, 6.07) is 9.59. The smallest absolute Gasteiger partial charge is 0.257 e. The number of aromatic nitrogens is 2. The number of nitrogens with zero attached hydrogens (tertiary/aromatic N) is 2. The van der Waals surface area contributed by atoms with Crippen LogP contribution in [-0.4, -0.2) is 15.9 Å². The van der Waals surface area contributed by atoms with E-state index in [4.69, 9.17) is 0 Å². The molecule has 1 N–H and O–H groups in total. The molecule has 0 spiro atoms. The second-order valence-electron chi connectivity index (χ2n) is 5.11. The van der Waals surface area contributed by atoms with Crippen LogP contribution < -0.4 is 5.32 Å². The summed E-state index contributed by atoms with van der Waals surface area (Å²) in [6.07, 6.45) is 3.48. The summed E-state index contributed by atoms with van der Waals surface area (Å²) in [4.78, 5) is 20.8. The van der Waals surface area contributed by atoms with Crippen molar-refractivity contribution in [2.24, 2.45) is 0 Å². The Hall–Kier alpha value is -2.53. The lowest BCUT2D eigenvalue weighted by atomic mass is 10.1. The first-order valence-corrected chi connectivity index (χ1v) is 7.75. The Kier molecular flexibility index (Phi) is 3.98. The quantitative estimate of drug-likeness (QED) is 0.793. The van der Waals surface area contributed by atoms with Gasteiger partial charge in [-0.3, -0.25) is 15.1 Å². The number of pyridine rings is 1. The Morgan fingerprint density at radius 2 is 1.95 bits per heavy atom. The molecule has 22 heavy (non-hydrogen) atoms. The normalized spacial score (nSPS) is 10.5. The minimum atomic E-state index is -0.140. The van der Waals surface area contributed by atoms with E-state index in [9.17, 15) is 4.79 Å². The predicted octanol–water partition coefficient (Wildman–Crippen LogP) is 4.07. The van der Waals surface area contributed by atoms with Crippen LogP contribution >= 0.6 is 11.3 Å². The Bertz CT molecular complexity index is 792. The molecular weight excluding hydrogens is 294 g/mol. The molecule has 0 bridgehead atoms. The first-order chi connectivity index (χ1) is 10.6. The molecule has 1 aromatic carbocycles. The minimum Gasteiger partial charge on any atom is -0.298 e. The molecule has 0 aliphatic heterocycles. The van der Waals surface area contributed by atoms with E-state index in [1.807, 2.05) is 49.6 Å². The molecule has 0 aliphatic carbocycles. The van der Waals surface area contributed by atoms with Crippen molar-refractivity contribution in [2.45, 2.75) is 13.8 Å². The van der Waals surface area contributed by atoms with Crippen LogP contribution in [0, 0.1) is 13.8 Å². The van der Waals surface area contributed by atoms with Crippen LogP contribution in [0.2, 0.25) is 0 Å². The standard InChI is InChI=1S/C17H15N3OS/c1-11-6-12(2)8-14(7-11)16(21)20-17-19-15(10-22-17)13-4-3-5-18-9-13/h3-10H,1-2H3,(H,19,20,21). The van der Waals surface area contributed by atoms with E-state index in [1.165, 1.54) is 11.3 Å². The lowest BCUT2D eigenvalue weighted by molar-refractivity contribution is 0.102. The fraction of sp³-hybridized carbons (Fsp3) is 0.118. The number of aryl methyl sites for hydroxylation is 2. The van der Waals surface area contributed by atoms with Crippen LogP contribution in [0.1, 0.15) is 21.5 Å². The highest BCUT2D eigenvalue weighted by Crippen LogP contribution is 2.24. The average Bonchev–Trinajstić information content (AvgIpc) is 2.95. The lowest BCUT2D eigenvalue weighted by Gasteiger charge is -2.04. The molecular formula is C17H15N3OS. The topological polar surface area (TPSA) is 54.9 Å². The molecule has 0 saturated carbocycles. The summed E-state index contributed by atoms with van der Waals surface area (Å²) in [5.41, 5.74) is 4.54. The fourth-order valence-electron chi connectivity index (χ4n) is 2.25. The number of thiazole rings is 1. The second kappa shape index (κ2) is 6.07. The van der Waals surface area contributed by atoms with Crippen LogP contribution in [0.5, 0.6) is 0 Å². The number of anilines is 1. The van der Waals surface area contributed by atoms with Crippen LogP contribution in [0.4, 0.5) is 5.13 Å². The minimum absolute atomic E-state index is 0.140. The zero-order valence-electron chi connectivity index (χ0n) is 12.3. The maximum Gasteiger partial charge on any atom is 0.257 e. The van der Waals surface area contributed by atoms with Crippen molar-refractivity contribution in [1.29, 1.82) is 0 Å². The van der Waals surface area contributed by atoms with Gasteiger partial charge < -0.3 is 0 Å². The molecule has 2 heterocycles. The summed E-state index contributed by atoms with van der Waals surface area (Å²) in [5.74, 6) is -0.140. The van der Waals surface area contributed by atoms with Crippen LogP contribution in [0.25, 0.3) is 11.3 Å². The molecule has 0 unspecified atom stereocenters. The summed E-state index contributed by atoms with van der Waals surface area (Å²) >= 11 is 1.40. The zero-order valence-corrected chi connectivity index (χ0v) is 13.1. The first kappa shape index (κ1) is 14.4. The summed E-state index contributed by atoms with van der Waals surface area (Å²) in [7, 11) is 0. The second-order valence-corrected chi connectivity index (χ2v) is 5.97. The maximum atomic E-state index is 12.3. The van der Waals surface area contributed by atoms with Gasteiger partial charge in [-0.2, -0.15) is 0 Å². The third-order valence-electron chi connectivity index (χ3n) is 3.17. The third-order valence-corrected chi connectivity index (χ3v) is 3.92. The molecule has 3 rings (SSSR count). The third kappa shape index (κ3) is 3.20. The fourth-order valence-corrected chi connectivity index (χ4v) is 2.97. The number of rotatable bonds is 3. The molecule has 2 aromatic heterocycles. The molecule has 0 atom stereocenters. The molecule has 0 aliphatic rings. The van der Waals surface area contributed by atoms with Gasteiger partial charge >= 0.3 is 0 Å². The van der Waals surface area contributed by atoms with Gasteiger partial charge in [0, 0.05) is 28.9 Å². The monoisotopic (exact) mass is 309 g/mol. The van der Waals surface area contributed by atoms with E-state index in [0.717, 1.165) is 22.4 Å². The van der Waals surface area contributed by atoms with Crippen molar-refractivity contribution < 1.29 is 4.79 Å². The van der Waals surface area contributed by atoms with E-state index < -0.39 is 0 Å². The average molecular weight is 309 g/mol. The van der Waals surface area contributed by atoms with Crippen molar-refractivity contribution in [2.75, 3.05) is 5.32 Å². The predicted molar refractivity (Wildman–Crippen MR) is 89.2 cm³/mol. The highest BCUT2D eigenvalue weighted by molar-refractivity contribution is 7.14. The summed E-state index contributed by atoms with van der Waals surface area (Å²) in [5, 5.41) is 5.35. The number of carbonyl (C=O) groups excluding carboxylic acids is 1. The molecule has 0 saturated heterocycles. The van der Waals surface area contributed by atoms with E-state index in [1.54, 1.807) is 12.4 Å². The number of carbonyl (C=O) groups is 1. The van der Waals surface area contributed by atoms with Crippen molar-refractivity contribution in [3.05, 3.63) is 64.8 Å². The number of amides is 1. The van der Waals surface area contributed by atoms with Gasteiger partial charge in [0.05, 0.1) is 5.69 Å². The molecule has 1 amide bonds. The highest BCUT2D eigenvalue weighted by atomic mass is 32.1. The van der Waals surface area contributed by atoms with E-state index in [2.05, 4.69) is 15.3 Å². The van der Waals surface area contributed by atoms with E-state index in [0.29, 0.717) is 10.7 Å². The van der Waals surface area contributed by atoms with Gasteiger partial charge in [0.2, 0.25) is 0 Å². The Morgan fingerprint density at radius 1 is 1.18 bits per heavy atom. The van der Waals surface area contributed by atoms with Gasteiger partial charge in [-0.1, -0.05) is 17.2 Å². The number of hydrogen-bond donors (Lipinski definition) is 1. The van der Waals surface area contributed by atoms with Gasteiger partial charge in [0.25, 0.3) is 5.91 Å². The van der Waals surface area contributed by atoms with Crippen LogP contribution in [-0.2, 0) is 0 Å². The summed E-state index contributed by atoms with van der Waals surface area (Å²) < 4.78 is 0. The Morgan fingerprint density at radius 3 is 2.64 bits per heavy atom. The van der Waals surface area contributed by atoms with Crippen LogP contribution in [0.3, 0.4) is 0 Å². The molecule has 110 valence electrons. The van der Waals surface area contributed by atoms with E-state index in [-0.39, 0.29) is 5.91 Å². The van der Waals surface area contributed by atoms with Crippen molar-refractivity contribution in [3.8, 4) is 11.3 Å². The largest absolute Gasteiger partial charge is 0.298 e. The first-order valence-electron chi connectivity index (χ1n) is 6.87. The lowest BCUT2D eigenvalue weighted by Crippen LogP contribution is -2.12. The van der Waals surface area contributed by atoms with Gasteiger partial charge in [0.1, 0.15) is 0 Å². The maximum absolute atomic E-state index is 12.3.